The highest BCUT2D eigenvalue weighted by atomic mass is 32.2. The van der Waals surface area contributed by atoms with Crippen molar-refractivity contribution in [2.75, 3.05) is 59.8 Å². The van der Waals surface area contributed by atoms with Crippen molar-refractivity contribution >= 4 is 11.8 Å². The van der Waals surface area contributed by atoms with Gasteiger partial charge >= 0.3 is 0 Å². The molecule has 0 amide bonds. The molecule has 0 aromatic heterocycles. The van der Waals surface area contributed by atoms with Crippen LogP contribution in [0.15, 0.2) is 23.1 Å². The van der Waals surface area contributed by atoms with Crippen LogP contribution in [0, 0.1) is 20.8 Å². The molecule has 2 aromatic rings. The monoisotopic (exact) mass is 474 g/mol. The summed E-state index contributed by atoms with van der Waals surface area (Å²) >= 11 is 1.90. The van der Waals surface area contributed by atoms with Crippen molar-refractivity contribution in [3.8, 4) is 23.0 Å². The third kappa shape index (κ3) is 6.08. The summed E-state index contributed by atoms with van der Waals surface area (Å²) in [7, 11) is 4.97. The standard InChI is InChI=1S/C26H38N2O4S/c1-18-16-23(19(2)20(3)24(18)29)33-15-7-10-27-11-13-28(14-12-27)17-21-8-9-22(30-4)26(32-6)25(21)31-5/h8-9,16,29H,7,10-15,17H2,1-6H3. The molecular weight excluding hydrogens is 436 g/mol. The van der Waals surface area contributed by atoms with Gasteiger partial charge in [-0.15, -0.1) is 11.8 Å². The summed E-state index contributed by atoms with van der Waals surface area (Å²) in [6.45, 7) is 12.3. The molecule has 0 radical (unpaired) electrons. The second-order valence-electron chi connectivity index (χ2n) is 8.60. The Labute approximate surface area is 202 Å². The molecule has 1 aliphatic rings. The highest BCUT2D eigenvalue weighted by Crippen LogP contribution is 2.40. The quantitative estimate of drug-likeness (QED) is 0.398. The number of aryl methyl sites for hydroxylation is 1. The first-order chi connectivity index (χ1) is 15.9. The zero-order chi connectivity index (χ0) is 24.0. The van der Waals surface area contributed by atoms with Crippen LogP contribution < -0.4 is 14.2 Å². The zero-order valence-electron chi connectivity index (χ0n) is 20.9. The van der Waals surface area contributed by atoms with Crippen LogP contribution in [0.2, 0.25) is 0 Å². The first-order valence-corrected chi connectivity index (χ1v) is 12.5. The van der Waals surface area contributed by atoms with Gasteiger partial charge in [-0.1, -0.05) is 6.07 Å². The molecule has 1 aliphatic heterocycles. The maximum atomic E-state index is 10.1. The Hall–Kier alpha value is -2.09. The third-order valence-electron chi connectivity index (χ3n) is 6.53. The van der Waals surface area contributed by atoms with E-state index in [2.05, 4.69) is 28.9 Å². The predicted octanol–water partition coefficient (Wildman–Crippen LogP) is 4.64. The Kier molecular flexibility index (Phi) is 9.18. The smallest absolute Gasteiger partial charge is 0.203 e. The maximum Gasteiger partial charge on any atom is 0.203 e. The number of phenols is 1. The average molecular weight is 475 g/mol. The van der Waals surface area contributed by atoms with E-state index >= 15 is 0 Å². The average Bonchev–Trinajstić information content (AvgIpc) is 2.83. The molecule has 182 valence electrons. The predicted molar refractivity (Wildman–Crippen MR) is 135 cm³/mol. The van der Waals surface area contributed by atoms with Crippen LogP contribution in [0.4, 0.5) is 0 Å². The minimum absolute atomic E-state index is 0.431. The van der Waals surface area contributed by atoms with Crippen molar-refractivity contribution in [1.82, 2.24) is 9.80 Å². The first-order valence-electron chi connectivity index (χ1n) is 11.5. The Bertz CT molecular complexity index is 943. The molecule has 1 N–H and O–H groups in total. The van der Waals surface area contributed by atoms with Crippen LogP contribution in [0.5, 0.6) is 23.0 Å². The summed E-state index contributed by atoms with van der Waals surface area (Å²) in [5, 5.41) is 10.1. The van der Waals surface area contributed by atoms with Gasteiger partial charge in [0.2, 0.25) is 5.75 Å². The second-order valence-corrected chi connectivity index (χ2v) is 9.74. The van der Waals surface area contributed by atoms with E-state index in [0.717, 1.165) is 73.9 Å². The molecule has 0 unspecified atom stereocenters. The summed E-state index contributed by atoms with van der Waals surface area (Å²) in [4.78, 5) is 6.32. The van der Waals surface area contributed by atoms with Crippen molar-refractivity contribution < 1.29 is 19.3 Å². The number of ether oxygens (including phenoxy) is 3. The summed E-state index contributed by atoms with van der Waals surface area (Å²) in [5.74, 6) is 3.62. The van der Waals surface area contributed by atoms with Crippen LogP contribution in [0.1, 0.15) is 28.7 Å². The lowest BCUT2D eigenvalue weighted by atomic mass is 10.1. The number of hydrogen-bond donors (Lipinski definition) is 1. The third-order valence-corrected chi connectivity index (χ3v) is 7.76. The normalized spacial score (nSPS) is 15.0. The van der Waals surface area contributed by atoms with E-state index in [4.69, 9.17) is 14.2 Å². The fourth-order valence-electron chi connectivity index (χ4n) is 4.35. The van der Waals surface area contributed by atoms with Crippen LogP contribution in [0.3, 0.4) is 0 Å². The number of piperazine rings is 1. The van der Waals surface area contributed by atoms with Crippen molar-refractivity contribution in [3.63, 3.8) is 0 Å². The number of hydrogen-bond acceptors (Lipinski definition) is 7. The lowest BCUT2D eigenvalue weighted by molar-refractivity contribution is 0.126. The summed E-state index contributed by atoms with van der Waals surface area (Å²) in [6.07, 6.45) is 1.16. The van der Waals surface area contributed by atoms with Gasteiger partial charge in [0.15, 0.2) is 11.5 Å². The van der Waals surface area contributed by atoms with Crippen molar-refractivity contribution in [2.45, 2.75) is 38.6 Å². The summed E-state index contributed by atoms with van der Waals surface area (Å²) < 4.78 is 16.6. The Balaban J connectivity index is 1.46. The molecule has 1 saturated heterocycles. The molecule has 0 saturated carbocycles. The summed E-state index contributed by atoms with van der Waals surface area (Å²) in [5.41, 5.74) is 4.28. The number of thioether (sulfide) groups is 1. The van der Waals surface area contributed by atoms with Gasteiger partial charge in [0, 0.05) is 43.2 Å². The van der Waals surface area contributed by atoms with E-state index in [1.54, 1.807) is 21.3 Å². The molecule has 0 atom stereocenters. The second kappa shape index (κ2) is 11.9. The number of nitrogens with zero attached hydrogens (tertiary/aromatic N) is 2. The highest BCUT2D eigenvalue weighted by molar-refractivity contribution is 7.99. The molecule has 0 spiro atoms. The lowest BCUT2D eigenvalue weighted by Crippen LogP contribution is -2.46. The van der Waals surface area contributed by atoms with Crippen LogP contribution >= 0.6 is 11.8 Å². The molecule has 3 rings (SSSR count). The molecule has 7 heteroatoms. The van der Waals surface area contributed by atoms with Gasteiger partial charge in [0.05, 0.1) is 21.3 Å². The van der Waals surface area contributed by atoms with Crippen LogP contribution in [0.25, 0.3) is 0 Å². The van der Waals surface area contributed by atoms with E-state index in [1.807, 2.05) is 31.7 Å². The van der Waals surface area contributed by atoms with Gasteiger partial charge in [-0.25, -0.2) is 0 Å². The molecule has 1 heterocycles. The Morgan fingerprint density at radius 3 is 2.18 bits per heavy atom. The van der Waals surface area contributed by atoms with E-state index in [1.165, 1.54) is 10.5 Å². The summed E-state index contributed by atoms with van der Waals surface area (Å²) in [6, 6.07) is 6.13. The fourth-order valence-corrected chi connectivity index (χ4v) is 5.47. The molecule has 33 heavy (non-hydrogen) atoms. The number of aromatic hydroxyl groups is 1. The lowest BCUT2D eigenvalue weighted by Gasteiger charge is -2.35. The van der Waals surface area contributed by atoms with E-state index in [9.17, 15) is 5.11 Å². The van der Waals surface area contributed by atoms with Gasteiger partial charge in [-0.3, -0.25) is 4.90 Å². The topological polar surface area (TPSA) is 54.4 Å². The molecular formula is C26H38N2O4S. The SMILES string of the molecule is COc1ccc(CN2CCN(CCCSc3cc(C)c(O)c(C)c3C)CC2)c(OC)c1OC. The van der Waals surface area contributed by atoms with Gasteiger partial charge < -0.3 is 24.2 Å². The van der Waals surface area contributed by atoms with E-state index < -0.39 is 0 Å². The van der Waals surface area contributed by atoms with Crippen LogP contribution in [-0.2, 0) is 6.54 Å². The molecule has 0 aliphatic carbocycles. The largest absolute Gasteiger partial charge is 0.507 e. The molecule has 1 fully saturated rings. The molecule has 0 bridgehead atoms. The Morgan fingerprint density at radius 1 is 0.879 bits per heavy atom. The number of phenolic OH excluding ortho intramolecular Hbond substituents is 1. The number of methoxy groups -OCH3 is 3. The highest BCUT2D eigenvalue weighted by Gasteiger charge is 2.21. The first kappa shape index (κ1) is 25.5. The number of rotatable bonds is 10. The molecule has 2 aromatic carbocycles. The fraction of sp³-hybridized carbons (Fsp3) is 0.538. The van der Waals surface area contributed by atoms with Crippen molar-refractivity contribution in [2.24, 2.45) is 0 Å². The van der Waals surface area contributed by atoms with E-state index in [0.29, 0.717) is 17.2 Å². The number of benzene rings is 2. The van der Waals surface area contributed by atoms with Gasteiger partial charge in [0.25, 0.3) is 0 Å². The van der Waals surface area contributed by atoms with Crippen LogP contribution in [-0.4, -0.2) is 74.7 Å². The minimum Gasteiger partial charge on any atom is -0.507 e. The van der Waals surface area contributed by atoms with E-state index in [-0.39, 0.29) is 0 Å². The Morgan fingerprint density at radius 2 is 1.55 bits per heavy atom. The minimum atomic E-state index is 0.431. The molecule has 6 nitrogen and oxygen atoms in total. The van der Waals surface area contributed by atoms with Gasteiger partial charge in [-0.05, 0) is 68.3 Å². The van der Waals surface area contributed by atoms with Crippen molar-refractivity contribution in [3.05, 3.63) is 40.5 Å². The van der Waals surface area contributed by atoms with Gasteiger partial charge in [0.1, 0.15) is 5.75 Å². The maximum absolute atomic E-state index is 10.1. The van der Waals surface area contributed by atoms with Crippen molar-refractivity contribution in [1.29, 1.82) is 0 Å². The zero-order valence-corrected chi connectivity index (χ0v) is 21.7. The van der Waals surface area contributed by atoms with Gasteiger partial charge in [-0.2, -0.15) is 0 Å².